The third-order valence-electron chi connectivity index (χ3n) is 7.08. The van der Waals surface area contributed by atoms with Gasteiger partial charge in [-0.1, -0.05) is 165 Å². The van der Waals surface area contributed by atoms with E-state index in [1.54, 1.807) is 0 Å². The van der Waals surface area contributed by atoms with E-state index in [1.165, 1.54) is 102 Å². The molecule has 0 saturated carbocycles. The van der Waals surface area contributed by atoms with Crippen molar-refractivity contribution in [1.82, 2.24) is 0 Å². The summed E-state index contributed by atoms with van der Waals surface area (Å²) in [5, 5.41) is 0. The normalized spacial score (nSPS) is 11.3. The largest absolute Gasteiger partial charge is 0.494 e. The molecule has 0 aromatic heterocycles. The molecule has 0 radical (unpaired) electrons. The van der Waals surface area contributed by atoms with E-state index in [0.29, 0.717) is 0 Å². The van der Waals surface area contributed by atoms with Crippen LogP contribution in [0.3, 0.4) is 0 Å². The van der Waals surface area contributed by atoms with E-state index in [9.17, 15) is 0 Å². The highest BCUT2D eigenvalue weighted by Crippen LogP contribution is 2.17. The van der Waals surface area contributed by atoms with Crippen molar-refractivity contribution in [3.63, 3.8) is 0 Å². The molecule has 0 aliphatic rings. The third kappa shape index (κ3) is 15.2. The fourth-order valence-electron chi connectivity index (χ4n) is 4.76. The lowest BCUT2D eigenvalue weighted by molar-refractivity contribution is 0.304. The smallest absolute Gasteiger partial charge is 0.119 e. The Labute approximate surface area is 234 Å². The lowest BCUT2D eigenvalue weighted by Gasteiger charge is -2.07. The molecule has 0 atom stereocenters. The van der Waals surface area contributed by atoms with Crippen LogP contribution in [0, 0.1) is 0 Å². The van der Waals surface area contributed by atoms with Gasteiger partial charge in [-0.2, -0.15) is 0 Å². The predicted molar refractivity (Wildman–Crippen MR) is 168 cm³/mol. The van der Waals surface area contributed by atoms with E-state index < -0.39 is 0 Å². The summed E-state index contributed by atoms with van der Waals surface area (Å²) in [6, 6.07) is 17.0. The Morgan fingerprint density at radius 1 is 0.676 bits per heavy atom. The Hall–Kier alpha value is -1.93. The molecule has 1 nitrogen and oxygen atoms in total. The maximum Gasteiger partial charge on any atom is 0.119 e. The van der Waals surface area contributed by atoms with Crippen LogP contribution in [-0.4, -0.2) is 11.5 Å². The highest BCUT2D eigenvalue weighted by atomic mass is 32.1. The maximum absolute atomic E-state index is 6.02. The highest BCUT2D eigenvalue weighted by Gasteiger charge is 2.00. The van der Waals surface area contributed by atoms with Crippen LogP contribution < -0.4 is 4.74 Å². The van der Waals surface area contributed by atoms with Gasteiger partial charge in [0.2, 0.25) is 0 Å². The van der Waals surface area contributed by atoms with Crippen molar-refractivity contribution in [1.29, 1.82) is 0 Å². The molecule has 0 aliphatic heterocycles. The minimum Gasteiger partial charge on any atom is -0.494 e. The van der Waals surface area contributed by atoms with E-state index in [4.69, 9.17) is 17.0 Å². The second kappa shape index (κ2) is 21.1. The number of thiocarbonyl (C=S) groups is 1. The maximum atomic E-state index is 6.02. The van der Waals surface area contributed by atoms with Gasteiger partial charge in [0, 0.05) is 4.86 Å². The first-order valence-electron chi connectivity index (χ1n) is 15.3. The van der Waals surface area contributed by atoms with Crippen LogP contribution in [0.1, 0.15) is 133 Å². The third-order valence-corrected chi connectivity index (χ3v) is 7.45. The molecule has 2 heteroatoms. The van der Waals surface area contributed by atoms with E-state index in [-0.39, 0.29) is 0 Å². The molecule has 37 heavy (non-hydrogen) atoms. The minimum absolute atomic E-state index is 0.800. The zero-order chi connectivity index (χ0) is 26.4. The Morgan fingerprint density at radius 3 is 1.81 bits per heavy atom. The zero-order valence-electron chi connectivity index (χ0n) is 23.8. The summed E-state index contributed by atoms with van der Waals surface area (Å²) in [5.74, 6) is 0.947. The van der Waals surface area contributed by atoms with Crippen molar-refractivity contribution >= 4 is 23.2 Å². The van der Waals surface area contributed by atoms with Gasteiger partial charge in [0.25, 0.3) is 0 Å². The minimum atomic E-state index is 0.800. The molecule has 0 unspecified atom stereocenters. The lowest BCUT2D eigenvalue weighted by Crippen LogP contribution is -1.97. The van der Waals surface area contributed by atoms with E-state index >= 15 is 0 Å². The highest BCUT2D eigenvalue weighted by molar-refractivity contribution is 7.81. The molecule has 204 valence electrons. The van der Waals surface area contributed by atoms with Crippen LogP contribution in [0.15, 0.2) is 54.6 Å². The molecule has 2 aromatic carbocycles. The summed E-state index contributed by atoms with van der Waals surface area (Å²) in [5.41, 5.74) is 3.60. The quantitative estimate of drug-likeness (QED) is 0.0660. The number of benzene rings is 2. The standard InChI is InChI=1S/C35H52OS/c1-3-5-6-7-8-9-10-11-12-13-14-15-16-17-18-29-36-34-22-19-21-32(30-34)25-28-35(37)33-26-23-31(20-4-2)24-27-33/h19,21-28,30H,3-18,20,29H2,1-2H3. The summed E-state index contributed by atoms with van der Waals surface area (Å²) in [6.45, 7) is 5.30. The molecule has 2 aromatic rings. The fraction of sp³-hybridized carbons (Fsp3) is 0.571. The van der Waals surface area contributed by atoms with E-state index in [2.05, 4.69) is 62.4 Å². The molecular formula is C35H52OS. The van der Waals surface area contributed by atoms with Crippen LogP contribution >= 0.6 is 12.2 Å². The van der Waals surface area contributed by atoms with E-state index in [0.717, 1.165) is 41.2 Å². The topological polar surface area (TPSA) is 9.23 Å². The second-order valence-electron chi connectivity index (χ2n) is 10.5. The molecule has 2 rings (SSSR count). The first-order valence-corrected chi connectivity index (χ1v) is 15.7. The molecule has 0 heterocycles. The number of allylic oxidation sites excluding steroid dienone is 1. The average Bonchev–Trinajstić information content (AvgIpc) is 2.92. The summed E-state index contributed by atoms with van der Waals surface area (Å²) in [6.07, 6.45) is 27.2. The molecular weight excluding hydrogens is 468 g/mol. The number of aryl methyl sites for hydroxylation is 1. The number of hydrogen-bond acceptors (Lipinski definition) is 2. The number of rotatable bonds is 22. The van der Waals surface area contributed by atoms with Crippen molar-refractivity contribution in [3.05, 3.63) is 71.3 Å². The Bertz CT molecular complexity index is 867. The number of ether oxygens (including phenoxy) is 1. The van der Waals surface area contributed by atoms with Crippen molar-refractivity contribution < 1.29 is 4.74 Å². The first kappa shape index (κ1) is 31.3. The molecule has 0 bridgehead atoms. The van der Waals surface area contributed by atoms with Crippen molar-refractivity contribution in [2.24, 2.45) is 0 Å². The Morgan fingerprint density at radius 2 is 1.24 bits per heavy atom. The molecule has 0 aliphatic carbocycles. The molecule has 0 N–H and O–H groups in total. The second-order valence-corrected chi connectivity index (χ2v) is 11.0. The molecule has 0 spiro atoms. The SMILES string of the molecule is CCCCCCCCCCCCCCCCCOc1cccc(C=CC(=S)c2ccc(CCC)cc2)c1. The van der Waals surface area contributed by atoms with Crippen molar-refractivity contribution in [2.75, 3.05) is 6.61 Å². The van der Waals surface area contributed by atoms with Gasteiger partial charge in [0.1, 0.15) is 5.75 Å². The van der Waals surface area contributed by atoms with Gasteiger partial charge in [0.05, 0.1) is 6.61 Å². The van der Waals surface area contributed by atoms with Crippen LogP contribution in [0.4, 0.5) is 0 Å². The molecule has 0 saturated heterocycles. The van der Waals surface area contributed by atoms with Crippen molar-refractivity contribution in [2.45, 2.75) is 123 Å². The number of hydrogen-bond donors (Lipinski definition) is 0. The number of unbranched alkanes of at least 4 members (excludes halogenated alkanes) is 14. The monoisotopic (exact) mass is 520 g/mol. The Kier molecular flexibility index (Phi) is 17.8. The van der Waals surface area contributed by atoms with Crippen LogP contribution in [0.25, 0.3) is 6.08 Å². The predicted octanol–water partition coefficient (Wildman–Crippen LogP) is 11.3. The van der Waals surface area contributed by atoms with Gasteiger partial charge in [-0.15, -0.1) is 0 Å². The lowest BCUT2D eigenvalue weighted by atomic mass is 10.0. The van der Waals surface area contributed by atoms with Crippen LogP contribution in [0.5, 0.6) is 5.75 Å². The van der Waals surface area contributed by atoms with Crippen LogP contribution in [-0.2, 0) is 6.42 Å². The molecule has 0 amide bonds. The van der Waals surface area contributed by atoms with Gasteiger partial charge < -0.3 is 4.74 Å². The van der Waals surface area contributed by atoms with E-state index in [1.807, 2.05) is 12.1 Å². The average molecular weight is 521 g/mol. The Balaban J connectivity index is 1.51. The zero-order valence-corrected chi connectivity index (χ0v) is 24.6. The van der Waals surface area contributed by atoms with Crippen molar-refractivity contribution in [3.8, 4) is 5.75 Å². The van der Waals surface area contributed by atoms with Gasteiger partial charge in [-0.25, -0.2) is 0 Å². The van der Waals surface area contributed by atoms with Crippen LogP contribution in [0.2, 0.25) is 0 Å². The summed E-state index contributed by atoms with van der Waals surface area (Å²) < 4.78 is 6.02. The summed E-state index contributed by atoms with van der Waals surface area (Å²) in [7, 11) is 0. The summed E-state index contributed by atoms with van der Waals surface area (Å²) in [4.78, 5) is 0.868. The van der Waals surface area contributed by atoms with Gasteiger partial charge in [-0.05, 0) is 47.7 Å². The van der Waals surface area contributed by atoms with Gasteiger partial charge >= 0.3 is 0 Å². The first-order chi connectivity index (χ1) is 18.2. The molecule has 0 fully saturated rings. The fourth-order valence-corrected chi connectivity index (χ4v) is 4.97. The summed E-state index contributed by atoms with van der Waals surface area (Å²) >= 11 is 5.62. The van der Waals surface area contributed by atoms with Gasteiger partial charge in [-0.3, -0.25) is 0 Å². The van der Waals surface area contributed by atoms with Gasteiger partial charge in [0.15, 0.2) is 0 Å².